The van der Waals surface area contributed by atoms with E-state index in [0.29, 0.717) is 18.7 Å². The molecule has 11 nitrogen and oxygen atoms in total. The Morgan fingerprint density at radius 1 is 1.08 bits per heavy atom. The first-order valence-electron chi connectivity index (χ1n) is 12.6. The average molecular weight is 536 g/mol. The van der Waals surface area contributed by atoms with Crippen molar-refractivity contribution in [3.8, 4) is 16.9 Å². The summed E-state index contributed by atoms with van der Waals surface area (Å²) in [5.41, 5.74) is 3.06. The fourth-order valence-corrected chi connectivity index (χ4v) is 5.47. The van der Waals surface area contributed by atoms with Gasteiger partial charge in [-0.3, -0.25) is 19.6 Å². The summed E-state index contributed by atoms with van der Waals surface area (Å²) in [5.74, 6) is -0.0904. The number of methoxy groups -OCH3 is 1. The SMILES string of the molecule is COC(=O)CC12CCC(c3ccc(-c4cnn(C)c4COC(=O)Oc4ccc([N+](=O)[O-])cc4)cc3)(CC1)CO2. The molecule has 3 aromatic rings. The summed E-state index contributed by atoms with van der Waals surface area (Å²) in [5, 5.41) is 15.1. The lowest BCUT2D eigenvalue weighted by molar-refractivity contribution is -0.384. The zero-order chi connectivity index (χ0) is 27.6. The van der Waals surface area contributed by atoms with E-state index in [9.17, 15) is 19.7 Å². The lowest BCUT2D eigenvalue weighted by Crippen LogP contribution is -2.54. The quantitative estimate of drug-likeness (QED) is 0.172. The maximum atomic E-state index is 12.2. The van der Waals surface area contributed by atoms with Crippen molar-refractivity contribution in [1.82, 2.24) is 9.78 Å². The highest BCUT2D eigenvalue weighted by atomic mass is 16.7. The molecule has 0 atom stereocenters. The first-order valence-corrected chi connectivity index (χ1v) is 12.6. The molecule has 0 unspecified atom stereocenters. The second-order valence-corrected chi connectivity index (χ2v) is 10.1. The molecule has 0 N–H and O–H groups in total. The van der Waals surface area contributed by atoms with E-state index in [1.165, 1.54) is 36.9 Å². The summed E-state index contributed by atoms with van der Waals surface area (Å²) in [6, 6.07) is 13.4. The zero-order valence-corrected chi connectivity index (χ0v) is 21.8. The largest absolute Gasteiger partial charge is 0.514 e. The second kappa shape index (κ2) is 10.5. The Hall–Kier alpha value is -4.25. The number of benzene rings is 2. The topological polar surface area (TPSA) is 132 Å². The summed E-state index contributed by atoms with van der Waals surface area (Å²) >= 11 is 0. The van der Waals surface area contributed by atoms with Crippen LogP contribution in [0.1, 0.15) is 43.4 Å². The van der Waals surface area contributed by atoms with E-state index in [2.05, 4.69) is 17.2 Å². The molecule has 2 aliphatic heterocycles. The molecule has 0 spiro atoms. The second-order valence-electron chi connectivity index (χ2n) is 10.1. The number of nitro groups is 1. The third-order valence-electron chi connectivity index (χ3n) is 7.91. The lowest BCUT2D eigenvalue weighted by Gasteiger charge is -2.53. The van der Waals surface area contributed by atoms with Crippen LogP contribution in [0.15, 0.2) is 54.7 Å². The molecule has 0 amide bonds. The molecule has 204 valence electrons. The molecule has 11 heteroatoms. The third kappa shape index (κ3) is 5.35. The van der Waals surface area contributed by atoms with Gasteiger partial charge < -0.3 is 18.9 Å². The van der Waals surface area contributed by atoms with Crippen LogP contribution in [0.3, 0.4) is 0 Å². The van der Waals surface area contributed by atoms with Crippen LogP contribution < -0.4 is 4.74 Å². The molecule has 0 radical (unpaired) electrons. The van der Waals surface area contributed by atoms with E-state index >= 15 is 0 Å². The van der Waals surface area contributed by atoms with Crippen molar-refractivity contribution in [2.75, 3.05) is 13.7 Å². The predicted octanol–water partition coefficient (Wildman–Crippen LogP) is 4.85. The van der Waals surface area contributed by atoms with Gasteiger partial charge in [0.25, 0.3) is 5.69 Å². The number of esters is 1. The molecule has 2 bridgehead atoms. The molecule has 1 saturated carbocycles. The molecule has 3 heterocycles. The minimum absolute atomic E-state index is 0.0700. The molecule has 1 aromatic heterocycles. The Labute approximate surface area is 224 Å². The number of carbonyl (C=O) groups excluding carboxylic acids is 2. The molecule has 39 heavy (non-hydrogen) atoms. The Morgan fingerprint density at radius 2 is 1.77 bits per heavy atom. The maximum absolute atomic E-state index is 12.2. The van der Waals surface area contributed by atoms with Gasteiger partial charge in [-0.15, -0.1) is 0 Å². The number of carbonyl (C=O) groups is 2. The van der Waals surface area contributed by atoms with Crippen LogP contribution >= 0.6 is 0 Å². The first kappa shape index (κ1) is 26.4. The molecule has 1 aliphatic carbocycles. The number of hydrogen-bond donors (Lipinski definition) is 0. The summed E-state index contributed by atoms with van der Waals surface area (Å²) in [6.07, 6.45) is 4.64. The van der Waals surface area contributed by atoms with Crippen LogP contribution in [0.2, 0.25) is 0 Å². The molecule has 2 aromatic carbocycles. The molecular formula is C28H29N3O8. The number of aryl methyl sites for hydroxylation is 1. The third-order valence-corrected chi connectivity index (χ3v) is 7.91. The van der Waals surface area contributed by atoms with Gasteiger partial charge >= 0.3 is 12.1 Å². The van der Waals surface area contributed by atoms with E-state index < -0.39 is 16.7 Å². The van der Waals surface area contributed by atoms with Gasteiger partial charge in [0.05, 0.1) is 42.6 Å². The summed E-state index contributed by atoms with van der Waals surface area (Å²) in [7, 11) is 3.17. The van der Waals surface area contributed by atoms with Gasteiger partial charge in [-0.2, -0.15) is 5.10 Å². The number of hydrogen-bond acceptors (Lipinski definition) is 9. The fourth-order valence-electron chi connectivity index (χ4n) is 5.47. The number of rotatable bonds is 8. The van der Waals surface area contributed by atoms with Crippen molar-refractivity contribution in [3.05, 3.63) is 76.1 Å². The Bertz CT molecular complexity index is 1360. The maximum Gasteiger partial charge on any atom is 0.514 e. The zero-order valence-electron chi connectivity index (χ0n) is 21.8. The number of non-ortho nitro benzene ring substituents is 1. The van der Waals surface area contributed by atoms with Gasteiger partial charge in [-0.1, -0.05) is 24.3 Å². The molecule has 6 rings (SSSR count). The molecule has 2 saturated heterocycles. The van der Waals surface area contributed by atoms with Crippen LogP contribution in [0.4, 0.5) is 10.5 Å². The molecule has 3 fully saturated rings. The molecular weight excluding hydrogens is 506 g/mol. The highest BCUT2D eigenvalue weighted by Gasteiger charge is 2.51. The molecule has 3 aliphatic rings. The van der Waals surface area contributed by atoms with Crippen LogP contribution in [-0.2, 0) is 38.1 Å². The highest BCUT2D eigenvalue weighted by molar-refractivity contribution is 5.71. The van der Waals surface area contributed by atoms with Gasteiger partial charge in [-0.05, 0) is 48.9 Å². The minimum atomic E-state index is -0.927. The fraction of sp³-hybridized carbons (Fsp3) is 0.393. The van der Waals surface area contributed by atoms with E-state index in [4.69, 9.17) is 18.9 Å². The van der Waals surface area contributed by atoms with Gasteiger partial charge in [0.1, 0.15) is 12.4 Å². The Balaban J connectivity index is 1.23. The van der Waals surface area contributed by atoms with Crippen LogP contribution in [0, 0.1) is 10.1 Å². The van der Waals surface area contributed by atoms with Crippen LogP contribution in [0.25, 0.3) is 11.1 Å². The van der Waals surface area contributed by atoms with E-state index in [1.54, 1.807) is 17.9 Å². The number of nitrogens with zero attached hydrogens (tertiary/aromatic N) is 3. The van der Waals surface area contributed by atoms with Gasteiger partial charge in [0.2, 0.25) is 0 Å². The number of aromatic nitrogens is 2. The minimum Gasteiger partial charge on any atom is -0.469 e. The van der Waals surface area contributed by atoms with Crippen molar-refractivity contribution >= 4 is 17.8 Å². The Morgan fingerprint density at radius 3 is 2.36 bits per heavy atom. The van der Waals surface area contributed by atoms with Crippen molar-refractivity contribution in [1.29, 1.82) is 0 Å². The van der Waals surface area contributed by atoms with Crippen molar-refractivity contribution in [3.63, 3.8) is 0 Å². The predicted molar refractivity (Wildman–Crippen MR) is 138 cm³/mol. The lowest BCUT2D eigenvalue weighted by atomic mass is 9.62. The van der Waals surface area contributed by atoms with E-state index in [0.717, 1.165) is 36.8 Å². The Kier molecular flexibility index (Phi) is 7.09. The smallest absolute Gasteiger partial charge is 0.469 e. The van der Waals surface area contributed by atoms with Gasteiger partial charge in [0.15, 0.2) is 0 Å². The van der Waals surface area contributed by atoms with Crippen LogP contribution in [-0.4, -0.2) is 46.1 Å². The van der Waals surface area contributed by atoms with Crippen molar-refractivity contribution < 1.29 is 33.5 Å². The van der Waals surface area contributed by atoms with Gasteiger partial charge in [0, 0.05) is 30.2 Å². The highest BCUT2D eigenvalue weighted by Crippen LogP contribution is 2.51. The standard InChI is InChI=1S/C28H29N3O8/c1-30-24(17-37-26(33)39-22-9-7-21(8-10-22)31(34)35)23(16-29-30)19-3-5-20(6-4-19)27-11-13-28(14-12-27,38-18-27)15-25(32)36-2/h3-10,16H,11-15,17-18H2,1-2H3. The van der Waals surface area contributed by atoms with Crippen molar-refractivity contribution in [2.45, 2.75) is 49.7 Å². The first-order chi connectivity index (χ1) is 18.7. The number of nitro benzene ring substituents is 1. The van der Waals surface area contributed by atoms with Crippen molar-refractivity contribution in [2.24, 2.45) is 7.05 Å². The number of ether oxygens (including phenoxy) is 4. The normalized spacial score (nSPS) is 21.8. The average Bonchev–Trinajstić information content (AvgIpc) is 3.33. The van der Waals surface area contributed by atoms with E-state index in [1.807, 2.05) is 12.1 Å². The monoisotopic (exact) mass is 535 g/mol. The summed E-state index contributed by atoms with van der Waals surface area (Å²) in [6.45, 7) is 0.506. The van der Waals surface area contributed by atoms with Gasteiger partial charge in [-0.25, -0.2) is 4.79 Å². The summed E-state index contributed by atoms with van der Waals surface area (Å²) < 4.78 is 23.2. The van der Waals surface area contributed by atoms with E-state index in [-0.39, 0.29) is 29.4 Å². The van der Waals surface area contributed by atoms with Crippen LogP contribution in [0.5, 0.6) is 5.75 Å². The summed E-state index contributed by atoms with van der Waals surface area (Å²) in [4.78, 5) is 34.3. The number of fused-ring (bicyclic) bond motifs is 3.